The molecule has 0 fully saturated rings. The van der Waals surface area contributed by atoms with Gasteiger partial charge in [0.2, 0.25) is 0 Å². The van der Waals surface area contributed by atoms with E-state index >= 15 is 0 Å². The number of benzene rings is 1. The molecular formula is C24H20ClN3O5S2. The van der Waals surface area contributed by atoms with Gasteiger partial charge in [0.05, 0.1) is 5.52 Å². The maximum atomic E-state index is 13.4. The van der Waals surface area contributed by atoms with Crippen LogP contribution in [0.3, 0.4) is 0 Å². The highest BCUT2D eigenvalue weighted by atomic mass is 35.5. The molecule has 0 saturated heterocycles. The number of urea groups is 1. The van der Waals surface area contributed by atoms with Crippen LogP contribution in [0.4, 0.5) is 10.6 Å². The number of nitrogens with zero attached hydrogens (tertiary/aromatic N) is 2. The van der Waals surface area contributed by atoms with Crippen LogP contribution in [-0.2, 0) is 17.6 Å². The number of anilines is 1. The van der Waals surface area contributed by atoms with Crippen molar-refractivity contribution in [3.8, 4) is 0 Å². The number of aliphatic carboxylic acids is 1. The maximum Gasteiger partial charge on any atom is 0.339 e. The zero-order valence-electron chi connectivity index (χ0n) is 18.2. The van der Waals surface area contributed by atoms with Gasteiger partial charge >= 0.3 is 18.0 Å². The Kier molecular flexibility index (Phi) is 7.64. The van der Waals surface area contributed by atoms with Gasteiger partial charge in [-0.05, 0) is 53.6 Å². The quantitative estimate of drug-likeness (QED) is 0.275. The van der Waals surface area contributed by atoms with Gasteiger partial charge in [-0.15, -0.1) is 22.7 Å². The van der Waals surface area contributed by atoms with Crippen molar-refractivity contribution in [2.75, 3.05) is 11.4 Å². The Balaban J connectivity index is 1.71. The molecule has 4 rings (SSSR count). The van der Waals surface area contributed by atoms with Crippen LogP contribution in [0.25, 0.3) is 10.9 Å². The smallest absolute Gasteiger partial charge is 0.339 e. The molecule has 3 heterocycles. The van der Waals surface area contributed by atoms with Crippen molar-refractivity contribution in [2.45, 2.75) is 18.9 Å². The Bertz CT molecular complexity index is 1360. The summed E-state index contributed by atoms with van der Waals surface area (Å²) in [4.78, 5) is 44.9. The lowest BCUT2D eigenvalue weighted by molar-refractivity contribution is -0.139. The molecule has 4 aromatic rings. The Labute approximate surface area is 213 Å². The minimum Gasteiger partial charge on any atom is -0.480 e. The number of nitrogens with one attached hydrogen (secondary N) is 1. The minimum absolute atomic E-state index is 0.0679. The van der Waals surface area contributed by atoms with Crippen molar-refractivity contribution in [3.63, 3.8) is 0 Å². The van der Waals surface area contributed by atoms with Gasteiger partial charge in [-0.25, -0.2) is 19.4 Å². The Morgan fingerprint density at radius 2 is 1.74 bits per heavy atom. The largest absolute Gasteiger partial charge is 0.480 e. The molecule has 11 heteroatoms. The van der Waals surface area contributed by atoms with Gasteiger partial charge < -0.3 is 15.5 Å². The maximum absolute atomic E-state index is 13.4. The van der Waals surface area contributed by atoms with E-state index in [1.165, 1.54) is 33.6 Å². The average molecular weight is 530 g/mol. The van der Waals surface area contributed by atoms with Gasteiger partial charge in [0.25, 0.3) is 0 Å². The summed E-state index contributed by atoms with van der Waals surface area (Å²) in [6, 6.07) is 11.7. The summed E-state index contributed by atoms with van der Waals surface area (Å²) >= 11 is 8.95. The van der Waals surface area contributed by atoms with E-state index in [1.54, 1.807) is 30.3 Å². The number of carboxylic acid groups (broad SMARTS) is 2. The van der Waals surface area contributed by atoms with Crippen molar-refractivity contribution in [2.24, 2.45) is 0 Å². The zero-order chi connectivity index (χ0) is 24.9. The number of halogens is 1. The minimum atomic E-state index is -1.27. The number of amides is 2. The van der Waals surface area contributed by atoms with Crippen LogP contribution in [0, 0.1) is 0 Å². The molecule has 180 valence electrons. The topological polar surface area (TPSA) is 120 Å². The van der Waals surface area contributed by atoms with Crippen LogP contribution in [0.5, 0.6) is 0 Å². The number of thiophene rings is 2. The van der Waals surface area contributed by atoms with Crippen LogP contribution < -0.4 is 10.2 Å². The number of rotatable bonds is 9. The predicted molar refractivity (Wildman–Crippen MR) is 137 cm³/mol. The molecule has 3 N–H and O–H groups in total. The summed E-state index contributed by atoms with van der Waals surface area (Å²) in [5.74, 6) is -2.53. The van der Waals surface area contributed by atoms with Crippen LogP contribution in [0.2, 0.25) is 5.02 Å². The molecule has 0 bridgehead atoms. The highest BCUT2D eigenvalue weighted by Crippen LogP contribution is 2.27. The Morgan fingerprint density at radius 3 is 2.37 bits per heavy atom. The molecule has 3 aromatic heterocycles. The molecule has 0 aliphatic rings. The standard InChI is InChI=1S/C24H20ClN3O5S2/c25-15-5-6-19-14(11-15)12-18(22(29)30)21(26-19)28(8-7-16-3-1-9-34-16)24(33)27-20(23(31)32)13-17-4-2-10-35-17/h1-6,9-12,20H,7-8,13H2,(H,27,33)(H,29,30)(H,31,32). The van der Waals surface area contributed by atoms with Gasteiger partial charge in [-0.2, -0.15) is 0 Å². The number of aromatic nitrogens is 1. The second-order valence-electron chi connectivity index (χ2n) is 7.61. The summed E-state index contributed by atoms with van der Waals surface area (Å²) in [6.45, 7) is 0.101. The summed E-state index contributed by atoms with van der Waals surface area (Å²) in [5.41, 5.74) is 0.267. The number of aromatic carboxylic acids is 1. The third kappa shape index (κ3) is 5.97. The molecule has 0 aliphatic carbocycles. The van der Waals surface area contributed by atoms with Crippen molar-refractivity contribution in [3.05, 3.63) is 79.6 Å². The van der Waals surface area contributed by atoms with Gasteiger partial charge in [0.1, 0.15) is 11.6 Å². The molecule has 0 spiro atoms. The lowest BCUT2D eigenvalue weighted by Gasteiger charge is -2.26. The summed E-state index contributed by atoms with van der Waals surface area (Å²) in [6.07, 6.45) is 0.542. The normalized spacial score (nSPS) is 11.8. The fourth-order valence-corrected chi connectivity index (χ4v) is 5.17. The lowest BCUT2D eigenvalue weighted by Crippen LogP contribution is -2.50. The van der Waals surface area contributed by atoms with Gasteiger partial charge in [-0.3, -0.25) is 4.90 Å². The fourth-order valence-electron chi connectivity index (χ4n) is 3.54. The molecule has 8 nitrogen and oxygen atoms in total. The molecule has 2 amide bonds. The zero-order valence-corrected chi connectivity index (χ0v) is 20.6. The fraction of sp³-hybridized carbons (Fsp3) is 0.167. The highest BCUT2D eigenvalue weighted by molar-refractivity contribution is 7.10. The SMILES string of the molecule is O=C(O)c1cc2cc(Cl)ccc2nc1N(CCc1cccs1)C(=O)NC(Cc1cccs1)C(=O)O. The van der Waals surface area contributed by atoms with E-state index in [0.29, 0.717) is 22.3 Å². The lowest BCUT2D eigenvalue weighted by atomic mass is 10.1. The number of fused-ring (bicyclic) bond motifs is 1. The number of pyridine rings is 1. The molecule has 1 aromatic carbocycles. The first-order valence-electron chi connectivity index (χ1n) is 10.5. The molecular weight excluding hydrogens is 510 g/mol. The first-order valence-corrected chi connectivity index (χ1v) is 12.6. The third-order valence-electron chi connectivity index (χ3n) is 5.23. The Hall–Kier alpha value is -3.47. The first kappa shape index (κ1) is 24.6. The van der Waals surface area contributed by atoms with E-state index in [4.69, 9.17) is 11.6 Å². The molecule has 1 unspecified atom stereocenters. The number of hydrogen-bond donors (Lipinski definition) is 3. The summed E-state index contributed by atoms with van der Waals surface area (Å²) in [5, 5.41) is 26.8. The van der Waals surface area contributed by atoms with E-state index in [2.05, 4.69) is 10.3 Å². The average Bonchev–Trinajstić information content (AvgIpc) is 3.52. The van der Waals surface area contributed by atoms with Crippen molar-refractivity contribution in [1.29, 1.82) is 0 Å². The van der Waals surface area contributed by atoms with E-state index in [0.717, 1.165) is 9.75 Å². The first-order chi connectivity index (χ1) is 16.8. The van der Waals surface area contributed by atoms with E-state index in [-0.39, 0.29) is 24.3 Å². The van der Waals surface area contributed by atoms with Gasteiger partial charge in [0, 0.05) is 33.1 Å². The van der Waals surface area contributed by atoms with E-state index in [9.17, 15) is 24.6 Å². The van der Waals surface area contributed by atoms with Crippen molar-refractivity contribution >= 4 is 69.0 Å². The van der Waals surface area contributed by atoms with Crippen LogP contribution >= 0.6 is 34.3 Å². The van der Waals surface area contributed by atoms with Crippen LogP contribution in [-0.4, -0.2) is 45.8 Å². The molecule has 0 radical (unpaired) electrons. The number of carbonyl (C=O) groups is 3. The van der Waals surface area contributed by atoms with Crippen molar-refractivity contribution < 1.29 is 24.6 Å². The molecule has 0 aliphatic heterocycles. The van der Waals surface area contributed by atoms with Crippen LogP contribution in [0.1, 0.15) is 20.1 Å². The summed E-state index contributed by atoms with van der Waals surface area (Å²) in [7, 11) is 0. The van der Waals surface area contributed by atoms with Crippen LogP contribution in [0.15, 0.2) is 59.3 Å². The predicted octanol–water partition coefficient (Wildman–Crippen LogP) is 5.16. The Morgan fingerprint density at radius 1 is 1.03 bits per heavy atom. The summed E-state index contributed by atoms with van der Waals surface area (Å²) < 4.78 is 0. The molecule has 0 saturated carbocycles. The number of carbonyl (C=O) groups excluding carboxylic acids is 1. The third-order valence-corrected chi connectivity index (χ3v) is 7.30. The van der Waals surface area contributed by atoms with Crippen molar-refractivity contribution in [1.82, 2.24) is 10.3 Å². The highest BCUT2D eigenvalue weighted by Gasteiger charge is 2.28. The van der Waals surface area contributed by atoms with Gasteiger partial charge in [-0.1, -0.05) is 23.7 Å². The second-order valence-corrected chi connectivity index (χ2v) is 10.1. The number of hydrogen-bond acceptors (Lipinski definition) is 6. The molecule has 1 atom stereocenters. The monoisotopic (exact) mass is 529 g/mol. The second kappa shape index (κ2) is 10.9. The number of carboxylic acids is 2. The van der Waals surface area contributed by atoms with E-state index in [1.807, 2.05) is 22.9 Å². The van der Waals surface area contributed by atoms with Gasteiger partial charge in [0.15, 0.2) is 5.82 Å². The van der Waals surface area contributed by atoms with E-state index < -0.39 is 24.0 Å². The molecule has 35 heavy (non-hydrogen) atoms.